The number of anilines is 1. The summed E-state index contributed by atoms with van der Waals surface area (Å²) in [5.41, 5.74) is 0.943. The quantitative estimate of drug-likeness (QED) is 0.513. The third-order valence-electron chi connectivity index (χ3n) is 4.78. The molecule has 2 rings (SSSR count). The van der Waals surface area contributed by atoms with E-state index in [-0.39, 0.29) is 18.1 Å². The second-order valence-electron chi connectivity index (χ2n) is 7.36. The lowest BCUT2D eigenvalue weighted by atomic mass is 10.1. The summed E-state index contributed by atoms with van der Waals surface area (Å²) in [4.78, 5) is 27.2. The van der Waals surface area contributed by atoms with Gasteiger partial charge in [0.15, 0.2) is 0 Å². The van der Waals surface area contributed by atoms with Crippen molar-refractivity contribution in [1.29, 1.82) is 0 Å². The summed E-state index contributed by atoms with van der Waals surface area (Å²) in [5, 5.41) is 2.77. The van der Waals surface area contributed by atoms with Crippen molar-refractivity contribution >= 4 is 43.5 Å². The van der Waals surface area contributed by atoms with Crippen LogP contribution in [-0.2, 0) is 26.2 Å². The van der Waals surface area contributed by atoms with E-state index >= 15 is 0 Å². The summed E-state index contributed by atoms with van der Waals surface area (Å²) in [5.74, 6) is -1.40. The van der Waals surface area contributed by atoms with Crippen LogP contribution in [0.4, 0.5) is 10.1 Å². The molecular formula is C22H27BrFN3O4S. The number of nitrogens with one attached hydrogen (secondary N) is 1. The van der Waals surface area contributed by atoms with Crippen LogP contribution in [0.3, 0.4) is 0 Å². The molecule has 0 aromatic heterocycles. The van der Waals surface area contributed by atoms with Gasteiger partial charge in [0.05, 0.1) is 11.9 Å². The zero-order chi connectivity index (χ0) is 23.9. The first-order valence-electron chi connectivity index (χ1n) is 10.1. The highest BCUT2D eigenvalue weighted by Gasteiger charge is 2.29. The Labute approximate surface area is 196 Å². The molecule has 0 fully saturated rings. The van der Waals surface area contributed by atoms with Gasteiger partial charge in [-0.1, -0.05) is 35.0 Å². The summed E-state index contributed by atoms with van der Waals surface area (Å²) in [7, 11) is -3.84. The maximum absolute atomic E-state index is 13.3. The van der Waals surface area contributed by atoms with Crippen molar-refractivity contribution < 1.29 is 22.4 Å². The van der Waals surface area contributed by atoms with Gasteiger partial charge in [0.1, 0.15) is 18.4 Å². The molecule has 10 heteroatoms. The highest BCUT2D eigenvalue weighted by Crippen LogP contribution is 2.20. The lowest BCUT2D eigenvalue weighted by molar-refractivity contribution is -0.139. The summed E-state index contributed by atoms with van der Waals surface area (Å²) < 4.78 is 39.9. The Kier molecular flexibility index (Phi) is 9.21. The topological polar surface area (TPSA) is 86.8 Å². The molecule has 0 spiro atoms. The first-order chi connectivity index (χ1) is 15.0. The van der Waals surface area contributed by atoms with Crippen molar-refractivity contribution in [3.05, 3.63) is 64.4 Å². The molecule has 0 saturated carbocycles. The normalized spacial score (nSPS) is 12.2. The van der Waals surface area contributed by atoms with E-state index in [2.05, 4.69) is 21.2 Å². The number of hydrogen-bond acceptors (Lipinski definition) is 4. The summed E-state index contributed by atoms with van der Waals surface area (Å²) >= 11 is 3.36. The van der Waals surface area contributed by atoms with E-state index in [4.69, 9.17) is 0 Å². The zero-order valence-electron chi connectivity index (χ0n) is 18.2. The average Bonchev–Trinajstić information content (AvgIpc) is 2.74. The molecule has 2 aromatic rings. The highest BCUT2D eigenvalue weighted by molar-refractivity contribution is 9.10. The van der Waals surface area contributed by atoms with Crippen molar-refractivity contribution in [3.8, 4) is 0 Å². The van der Waals surface area contributed by atoms with Crippen LogP contribution in [0.5, 0.6) is 0 Å². The van der Waals surface area contributed by atoms with Crippen LogP contribution >= 0.6 is 15.9 Å². The van der Waals surface area contributed by atoms with Gasteiger partial charge < -0.3 is 10.2 Å². The molecule has 0 radical (unpaired) electrons. The molecule has 2 aromatic carbocycles. The number of sulfonamides is 1. The van der Waals surface area contributed by atoms with Gasteiger partial charge in [-0.3, -0.25) is 13.9 Å². The summed E-state index contributed by atoms with van der Waals surface area (Å²) in [6, 6.07) is 11.3. The molecule has 174 valence electrons. The molecule has 0 saturated heterocycles. The average molecular weight is 528 g/mol. The smallest absolute Gasteiger partial charge is 0.244 e. The largest absolute Gasteiger partial charge is 0.354 e. The van der Waals surface area contributed by atoms with Gasteiger partial charge in [-0.05, 0) is 55.3 Å². The molecule has 32 heavy (non-hydrogen) atoms. The number of halogens is 2. The van der Waals surface area contributed by atoms with E-state index < -0.39 is 34.3 Å². The summed E-state index contributed by atoms with van der Waals surface area (Å²) in [6.45, 7) is 3.58. The molecule has 2 amide bonds. The molecule has 1 unspecified atom stereocenters. The number of amides is 2. The second-order valence-corrected chi connectivity index (χ2v) is 10.2. The van der Waals surface area contributed by atoms with Gasteiger partial charge >= 0.3 is 0 Å². The summed E-state index contributed by atoms with van der Waals surface area (Å²) in [6.07, 6.45) is 1.71. The number of benzene rings is 2. The van der Waals surface area contributed by atoms with Crippen LogP contribution < -0.4 is 9.62 Å². The predicted molar refractivity (Wildman–Crippen MR) is 126 cm³/mol. The molecule has 0 aliphatic rings. The van der Waals surface area contributed by atoms with Gasteiger partial charge in [0.25, 0.3) is 0 Å². The Morgan fingerprint density at radius 1 is 1.09 bits per heavy atom. The van der Waals surface area contributed by atoms with E-state index in [1.54, 1.807) is 6.92 Å². The van der Waals surface area contributed by atoms with Crippen LogP contribution in [-0.4, -0.2) is 50.5 Å². The van der Waals surface area contributed by atoms with Crippen LogP contribution in [0, 0.1) is 5.82 Å². The Balaban J connectivity index is 2.34. The van der Waals surface area contributed by atoms with Crippen LogP contribution in [0.15, 0.2) is 53.0 Å². The number of carbonyl (C=O) groups excluding carboxylic acids is 2. The van der Waals surface area contributed by atoms with E-state index in [1.807, 2.05) is 31.2 Å². The van der Waals surface area contributed by atoms with E-state index in [0.29, 0.717) is 6.54 Å². The van der Waals surface area contributed by atoms with E-state index in [9.17, 15) is 22.4 Å². The predicted octanol–water partition coefficient (Wildman–Crippen LogP) is 3.30. The number of nitrogens with zero attached hydrogens (tertiary/aromatic N) is 2. The van der Waals surface area contributed by atoms with Crippen molar-refractivity contribution in [2.24, 2.45) is 0 Å². The van der Waals surface area contributed by atoms with Crippen LogP contribution in [0.25, 0.3) is 0 Å². The van der Waals surface area contributed by atoms with E-state index in [1.165, 1.54) is 17.0 Å². The number of rotatable bonds is 10. The Morgan fingerprint density at radius 3 is 2.22 bits per heavy atom. The van der Waals surface area contributed by atoms with Crippen LogP contribution in [0.1, 0.15) is 25.8 Å². The minimum absolute atomic E-state index is 0.119. The first kappa shape index (κ1) is 25.8. The molecule has 7 nitrogen and oxygen atoms in total. The minimum Gasteiger partial charge on any atom is -0.354 e. The SMILES string of the molecule is CCCNC(=O)C(C)N(Cc1ccc(Br)cc1)C(=O)CN(c1ccc(F)cc1)S(C)(=O)=O. The van der Waals surface area contributed by atoms with Gasteiger partial charge in [-0.15, -0.1) is 0 Å². The van der Waals surface area contributed by atoms with Gasteiger partial charge in [0.2, 0.25) is 21.8 Å². The number of carbonyl (C=O) groups is 2. The molecule has 1 atom stereocenters. The fourth-order valence-corrected chi connectivity index (χ4v) is 4.10. The molecule has 0 aliphatic heterocycles. The van der Waals surface area contributed by atoms with E-state index in [0.717, 1.165) is 39.2 Å². The third-order valence-corrected chi connectivity index (χ3v) is 6.45. The lowest BCUT2D eigenvalue weighted by Crippen LogP contribution is -2.51. The first-order valence-corrected chi connectivity index (χ1v) is 12.7. The zero-order valence-corrected chi connectivity index (χ0v) is 20.6. The third kappa shape index (κ3) is 7.30. The molecule has 0 heterocycles. The Morgan fingerprint density at radius 2 is 1.69 bits per heavy atom. The highest BCUT2D eigenvalue weighted by atomic mass is 79.9. The minimum atomic E-state index is -3.84. The maximum Gasteiger partial charge on any atom is 0.244 e. The van der Waals surface area contributed by atoms with Crippen molar-refractivity contribution in [2.45, 2.75) is 32.9 Å². The molecule has 1 N–H and O–H groups in total. The Bertz CT molecular complexity index is 1030. The fourth-order valence-electron chi connectivity index (χ4n) is 2.99. The van der Waals surface area contributed by atoms with Crippen LogP contribution in [0.2, 0.25) is 0 Å². The van der Waals surface area contributed by atoms with Crippen molar-refractivity contribution in [1.82, 2.24) is 10.2 Å². The molecule has 0 aliphatic carbocycles. The lowest BCUT2D eigenvalue weighted by Gasteiger charge is -2.31. The monoisotopic (exact) mass is 527 g/mol. The standard InChI is InChI=1S/C22H27BrFN3O4S/c1-4-13-25-22(29)16(2)26(14-17-5-7-18(23)8-6-17)21(28)15-27(32(3,30)31)20-11-9-19(24)10-12-20/h5-12,16H,4,13-15H2,1-3H3,(H,25,29). The van der Waals surface area contributed by atoms with Crippen molar-refractivity contribution in [3.63, 3.8) is 0 Å². The van der Waals surface area contributed by atoms with Crippen molar-refractivity contribution in [2.75, 3.05) is 23.7 Å². The number of hydrogen-bond donors (Lipinski definition) is 1. The van der Waals surface area contributed by atoms with Gasteiger partial charge in [0, 0.05) is 17.6 Å². The molecular weight excluding hydrogens is 501 g/mol. The van der Waals surface area contributed by atoms with Gasteiger partial charge in [-0.25, -0.2) is 12.8 Å². The second kappa shape index (κ2) is 11.4. The fraction of sp³-hybridized carbons (Fsp3) is 0.364. The maximum atomic E-state index is 13.3. The Hall–Kier alpha value is -2.46. The molecule has 0 bridgehead atoms. The van der Waals surface area contributed by atoms with Gasteiger partial charge in [-0.2, -0.15) is 0 Å².